The number of furan rings is 1. The maximum Gasteiger partial charge on any atom is 0.143 e. The molecule has 0 fully saturated rings. The van der Waals surface area contributed by atoms with Gasteiger partial charge in [-0.2, -0.15) is 0 Å². The van der Waals surface area contributed by atoms with E-state index in [2.05, 4.69) is 0 Å². The third-order valence-electron chi connectivity index (χ3n) is 4.44. The van der Waals surface area contributed by atoms with Crippen LogP contribution in [0.5, 0.6) is 11.5 Å². The minimum atomic E-state index is 0.195. The fourth-order valence-corrected chi connectivity index (χ4v) is 3.42. The average molecular weight is 300 g/mol. The topological polar surface area (TPSA) is 53.6 Å². The molecule has 0 saturated carbocycles. The zero-order valence-corrected chi connectivity index (χ0v) is 12.1. The van der Waals surface area contributed by atoms with Gasteiger partial charge in [-0.1, -0.05) is 48.5 Å². The van der Waals surface area contributed by atoms with Crippen LogP contribution in [0.2, 0.25) is 0 Å². The molecule has 0 spiro atoms. The van der Waals surface area contributed by atoms with Gasteiger partial charge in [0.15, 0.2) is 0 Å². The number of benzene rings is 4. The monoisotopic (exact) mass is 300 g/mol. The second kappa shape index (κ2) is 4.17. The summed E-state index contributed by atoms with van der Waals surface area (Å²) in [6.07, 6.45) is 0. The SMILES string of the molecule is Oc1cc2c(oc3cc(O)c4ccccc4c32)c2ccccc12. The molecule has 110 valence electrons. The number of aromatic hydroxyl groups is 2. The van der Waals surface area contributed by atoms with E-state index in [1.165, 1.54) is 0 Å². The second-order valence-electron chi connectivity index (χ2n) is 5.73. The minimum Gasteiger partial charge on any atom is -0.507 e. The highest BCUT2D eigenvalue weighted by Crippen LogP contribution is 2.43. The number of fused-ring (bicyclic) bond motifs is 7. The maximum absolute atomic E-state index is 10.4. The van der Waals surface area contributed by atoms with E-state index in [-0.39, 0.29) is 11.5 Å². The maximum atomic E-state index is 10.4. The quantitative estimate of drug-likeness (QED) is 0.408. The van der Waals surface area contributed by atoms with Crippen molar-refractivity contribution in [3.63, 3.8) is 0 Å². The molecule has 2 N–H and O–H groups in total. The summed E-state index contributed by atoms with van der Waals surface area (Å²) < 4.78 is 6.04. The van der Waals surface area contributed by atoms with Gasteiger partial charge in [0.1, 0.15) is 22.7 Å². The molecule has 0 unspecified atom stereocenters. The van der Waals surface area contributed by atoms with Gasteiger partial charge in [-0.25, -0.2) is 0 Å². The van der Waals surface area contributed by atoms with Crippen molar-refractivity contribution < 1.29 is 14.6 Å². The van der Waals surface area contributed by atoms with Gasteiger partial charge in [-0.3, -0.25) is 0 Å². The fourth-order valence-electron chi connectivity index (χ4n) is 3.42. The van der Waals surface area contributed by atoms with Crippen LogP contribution in [-0.2, 0) is 0 Å². The van der Waals surface area contributed by atoms with Gasteiger partial charge in [0.05, 0.1) is 0 Å². The highest BCUT2D eigenvalue weighted by Gasteiger charge is 2.16. The van der Waals surface area contributed by atoms with Gasteiger partial charge in [0, 0.05) is 33.0 Å². The average Bonchev–Trinajstić information content (AvgIpc) is 2.94. The van der Waals surface area contributed by atoms with E-state index in [1.807, 2.05) is 48.5 Å². The molecule has 1 heterocycles. The van der Waals surface area contributed by atoms with Crippen LogP contribution >= 0.6 is 0 Å². The normalized spacial score (nSPS) is 11.8. The molecule has 0 radical (unpaired) electrons. The van der Waals surface area contributed by atoms with E-state index in [4.69, 9.17) is 4.42 Å². The Kier molecular flexibility index (Phi) is 2.24. The summed E-state index contributed by atoms with van der Waals surface area (Å²) in [6.45, 7) is 0. The van der Waals surface area contributed by atoms with Crippen LogP contribution in [0.15, 0.2) is 65.1 Å². The van der Waals surface area contributed by atoms with Crippen molar-refractivity contribution in [1.29, 1.82) is 0 Å². The van der Waals surface area contributed by atoms with Gasteiger partial charge >= 0.3 is 0 Å². The van der Waals surface area contributed by atoms with Crippen molar-refractivity contribution in [3.8, 4) is 11.5 Å². The lowest BCUT2D eigenvalue weighted by Crippen LogP contribution is -1.77. The van der Waals surface area contributed by atoms with Gasteiger partial charge in [0.2, 0.25) is 0 Å². The summed E-state index contributed by atoms with van der Waals surface area (Å²) in [5.41, 5.74) is 1.34. The summed E-state index contributed by atoms with van der Waals surface area (Å²) in [7, 11) is 0. The molecule has 23 heavy (non-hydrogen) atoms. The molecule has 0 saturated heterocycles. The van der Waals surface area contributed by atoms with E-state index >= 15 is 0 Å². The number of phenols is 2. The third kappa shape index (κ3) is 1.53. The number of rotatable bonds is 0. The van der Waals surface area contributed by atoms with Crippen LogP contribution < -0.4 is 0 Å². The van der Waals surface area contributed by atoms with E-state index in [1.54, 1.807) is 12.1 Å². The van der Waals surface area contributed by atoms with Crippen molar-refractivity contribution in [2.75, 3.05) is 0 Å². The molecule has 1 aromatic heterocycles. The Morgan fingerprint density at radius 2 is 1.17 bits per heavy atom. The number of phenolic OH excluding ortho intramolecular Hbond substituents is 2. The summed E-state index contributed by atoms with van der Waals surface area (Å²) in [6, 6.07) is 18.7. The molecular formula is C20H12O3. The predicted octanol–water partition coefficient (Wildman–Crippen LogP) is 5.30. The van der Waals surface area contributed by atoms with Crippen molar-refractivity contribution in [1.82, 2.24) is 0 Å². The zero-order valence-electron chi connectivity index (χ0n) is 12.1. The van der Waals surface area contributed by atoms with Crippen LogP contribution in [-0.4, -0.2) is 10.2 Å². The molecular weight excluding hydrogens is 288 g/mol. The van der Waals surface area contributed by atoms with Crippen LogP contribution in [0.1, 0.15) is 0 Å². The molecule has 0 aliphatic rings. The Balaban J connectivity index is 2.14. The lowest BCUT2D eigenvalue weighted by atomic mass is 10.0. The summed E-state index contributed by atoms with van der Waals surface area (Å²) in [4.78, 5) is 0. The molecule has 5 rings (SSSR count). The van der Waals surface area contributed by atoms with Crippen LogP contribution in [0.25, 0.3) is 43.5 Å². The first-order chi connectivity index (χ1) is 11.2. The van der Waals surface area contributed by atoms with E-state index < -0.39 is 0 Å². The van der Waals surface area contributed by atoms with Gasteiger partial charge in [-0.15, -0.1) is 0 Å². The first-order valence-corrected chi connectivity index (χ1v) is 7.41. The van der Waals surface area contributed by atoms with Crippen molar-refractivity contribution in [2.45, 2.75) is 0 Å². The Morgan fingerprint density at radius 3 is 1.91 bits per heavy atom. The highest BCUT2D eigenvalue weighted by molar-refractivity contribution is 6.24. The van der Waals surface area contributed by atoms with E-state index in [0.717, 1.165) is 37.9 Å². The van der Waals surface area contributed by atoms with E-state index in [9.17, 15) is 10.2 Å². The molecule has 0 amide bonds. The minimum absolute atomic E-state index is 0.195. The van der Waals surface area contributed by atoms with Crippen LogP contribution in [0, 0.1) is 0 Å². The smallest absolute Gasteiger partial charge is 0.143 e. The third-order valence-corrected chi connectivity index (χ3v) is 4.44. The predicted molar refractivity (Wildman–Crippen MR) is 92.1 cm³/mol. The zero-order chi connectivity index (χ0) is 15.6. The highest BCUT2D eigenvalue weighted by atomic mass is 16.3. The molecule has 4 aromatic carbocycles. The lowest BCUT2D eigenvalue weighted by molar-refractivity contribution is 0.480. The van der Waals surface area contributed by atoms with E-state index in [0.29, 0.717) is 5.58 Å². The Hall–Kier alpha value is -3.20. The Bertz CT molecular complexity index is 1230. The Labute approximate surface area is 131 Å². The molecule has 0 bridgehead atoms. The first-order valence-electron chi connectivity index (χ1n) is 7.41. The second-order valence-corrected chi connectivity index (χ2v) is 5.73. The van der Waals surface area contributed by atoms with Crippen molar-refractivity contribution in [3.05, 3.63) is 60.7 Å². The van der Waals surface area contributed by atoms with Crippen LogP contribution in [0.3, 0.4) is 0 Å². The summed E-state index contributed by atoms with van der Waals surface area (Å²) in [5.74, 6) is 0.425. The van der Waals surface area contributed by atoms with Crippen molar-refractivity contribution >= 4 is 43.5 Å². The van der Waals surface area contributed by atoms with Crippen LogP contribution in [0.4, 0.5) is 0 Å². The molecule has 3 nitrogen and oxygen atoms in total. The standard InChI is InChI=1S/C20H12O3/c21-16-9-15-19-13-7-3-1-5-11(13)17(22)10-18(19)23-20(15)14-8-4-2-6-12(14)16/h1-10,21-22H. The van der Waals surface area contributed by atoms with Crippen molar-refractivity contribution in [2.24, 2.45) is 0 Å². The summed E-state index contributed by atoms with van der Waals surface area (Å²) >= 11 is 0. The Morgan fingerprint density at radius 1 is 0.609 bits per heavy atom. The molecule has 0 aliphatic heterocycles. The lowest BCUT2D eigenvalue weighted by Gasteiger charge is -2.03. The van der Waals surface area contributed by atoms with Gasteiger partial charge in [-0.05, 0) is 11.5 Å². The largest absolute Gasteiger partial charge is 0.507 e. The van der Waals surface area contributed by atoms with Gasteiger partial charge < -0.3 is 14.6 Å². The summed E-state index contributed by atoms with van der Waals surface area (Å²) in [5, 5.41) is 25.7. The molecule has 0 atom stereocenters. The molecule has 5 aromatic rings. The number of hydrogen-bond donors (Lipinski definition) is 2. The molecule has 0 aliphatic carbocycles. The van der Waals surface area contributed by atoms with Gasteiger partial charge in [0.25, 0.3) is 0 Å². The number of hydrogen-bond acceptors (Lipinski definition) is 3. The first kappa shape index (κ1) is 12.4. The fraction of sp³-hybridized carbons (Fsp3) is 0. The molecule has 3 heteroatoms.